The summed E-state index contributed by atoms with van der Waals surface area (Å²) in [5, 5.41) is 3.21. The Kier molecular flexibility index (Phi) is 6.45. The summed E-state index contributed by atoms with van der Waals surface area (Å²) in [4.78, 5) is 16.9. The largest absolute Gasteiger partial charge is 0.493 e. The van der Waals surface area contributed by atoms with E-state index in [1.54, 1.807) is 32.4 Å². The number of aryl methyl sites for hydroxylation is 1. The summed E-state index contributed by atoms with van der Waals surface area (Å²) in [7, 11) is -0.170. The molecule has 1 aromatic heterocycles. The van der Waals surface area contributed by atoms with Gasteiger partial charge in [-0.05, 0) is 42.3 Å². The summed E-state index contributed by atoms with van der Waals surface area (Å²) >= 11 is 4.73. The SMILES string of the molecule is COc1cc(Br)c(CCC(=O)Nc2nc3ccc(S(C)(=O)=O)cc3s2)cc1OC. The fourth-order valence-corrected chi connectivity index (χ4v) is 4.87. The monoisotopic (exact) mass is 498 g/mol. The van der Waals surface area contributed by atoms with E-state index in [0.29, 0.717) is 33.3 Å². The van der Waals surface area contributed by atoms with Gasteiger partial charge < -0.3 is 14.8 Å². The quantitative estimate of drug-likeness (QED) is 0.527. The number of hydrogen-bond donors (Lipinski definition) is 1. The normalized spacial score (nSPS) is 11.4. The standard InChI is InChI=1S/C19H19BrN2O5S2/c1-26-15-8-11(13(20)10-16(15)27-2)4-7-18(23)22-19-21-14-6-5-12(29(3,24)25)9-17(14)28-19/h5-6,8-10H,4,7H2,1-3H3,(H,21,22,23). The maximum Gasteiger partial charge on any atom is 0.226 e. The summed E-state index contributed by atoms with van der Waals surface area (Å²) in [6, 6.07) is 8.36. The first-order valence-corrected chi connectivity index (χ1v) is 12.0. The molecule has 0 spiro atoms. The number of thiazole rings is 1. The summed E-state index contributed by atoms with van der Waals surface area (Å²) < 4.78 is 35.5. The van der Waals surface area contributed by atoms with Gasteiger partial charge in [0.2, 0.25) is 5.91 Å². The zero-order chi connectivity index (χ0) is 21.2. The van der Waals surface area contributed by atoms with Crippen molar-refractivity contribution in [3.05, 3.63) is 40.4 Å². The van der Waals surface area contributed by atoms with Crippen molar-refractivity contribution in [3.8, 4) is 11.5 Å². The third-order valence-electron chi connectivity index (χ3n) is 4.21. The van der Waals surface area contributed by atoms with Crippen molar-refractivity contribution in [3.63, 3.8) is 0 Å². The minimum absolute atomic E-state index is 0.186. The number of nitrogens with zero attached hydrogens (tertiary/aromatic N) is 1. The molecule has 0 fully saturated rings. The molecule has 29 heavy (non-hydrogen) atoms. The Hall–Kier alpha value is -2.17. The first-order chi connectivity index (χ1) is 13.7. The van der Waals surface area contributed by atoms with Crippen LogP contribution in [0.3, 0.4) is 0 Å². The molecule has 0 unspecified atom stereocenters. The van der Waals surface area contributed by atoms with Crippen LogP contribution in [0, 0.1) is 0 Å². The van der Waals surface area contributed by atoms with Gasteiger partial charge >= 0.3 is 0 Å². The van der Waals surface area contributed by atoms with Crippen LogP contribution < -0.4 is 14.8 Å². The minimum Gasteiger partial charge on any atom is -0.493 e. The van der Waals surface area contributed by atoms with E-state index < -0.39 is 9.84 Å². The molecule has 0 saturated carbocycles. The Morgan fingerprint density at radius 2 is 1.86 bits per heavy atom. The van der Waals surface area contributed by atoms with E-state index in [0.717, 1.165) is 16.3 Å². The Morgan fingerprint density at radius 1 is 1.17 bits per heavy atom. The highest BCUT2D eigenvalue weighted by Gasteiger charge is 2.14. The molecule has 10 heteroatoms. The molecule has 154 valence electrons. The Labute approximate surface area is 181 Å². The molecule has 0 radical (unpaired) electrons. The van der Waals surface area contributed by atoms with Crippen LogP contribution in [-0.2, 0) is 21.1 Å². The number of aromatic nitrogens is 1. The van der Waals surface area contributed by atoms with Crippen molar-refractivity contribution in [2.45, 2.75) is 17.7 Å². The Morgan fingerprint density at radius 3 is 2.52 bits per heavy atom. The fourth-order valence-electron chi connectivity index (χ4n) is 2.71. The van der Waals surface area contributed by atoms with Crippen LogP contribution in [0.1, 0.15) is 12.0 Å². The lowest BCUT2D eigenvalue weighted by molar-refractivity contribution is -0.116. The molecule has 1 N–H and O–H groups in total. The van der Waals surface area contributed by atoms with Crippen LogP contribution >= 0.6 is 27.3 Å². The number of ether oxygens (including phenoxy) is 2. The number of fused-ring (bicyclic) bond motifs is 1. The second-order valence-electron chi connectivity index (χ2n) is 6.27. The van der Waals surface area contributed by atoms with E-state index in [-0.39, 0.29) is 17.2 Å². The Balaban J connectivity index is 1.70. The van der Waals surface area contributed by atoms with Crippen molar-refractivity contribution in [1.29, 1.82) is 0 Å². The van der Waals surface area contributed by atoms with Crippen LogP contribution in [0.25, 0.3) is 10.2 Å². The second-order valence-corrected chi connectivity index (χ2v) is 10.2. The first kappa shape index (κ1) is 21.5. The minimum atomic E-state index is -3.29. The van der Waals surface area contributed by atoms with Gasteiger partial charge in [-0.3, -0.25) is 4.79 Å². The van der Waals surface area contributed by atoms with Gasteiger partial charge in [-0.25, -0.2) is 13.4 Å². The first-order valence-electron chi connectivity index (χ1n) is 8.52. The molecular weight excluding hydrogens is 480 g/mol. The van der Waals surface area contributed by atoms with Crippen molar-refractivity contribution < 1.29 is 22.7 Å². The molecular formula is C19H19BrN2O5S2. The molecule has 3 aromatic rings. The molecule has 0 aliphatic rings. The Bertz CT molecular complexity index is 1170. The number of benzene rings is 2. The van der Waals surface area contributed by atoms with Crippen LogP contribution in [0.5, 0.6) is 11.5 Å². The van der Waals surface area contributed by atoms with Gasteiger partial charge in [0.1, 0.15) is 0 Å². The van der Waals surface area contributed by atoms with Crippen molar-refractivity contribution in [2.75, 3.05) is 25.8 Å². The summed E-state index contributed by atoms with van der Waals surface area (Å²) in [5.74, 6) is 1.02. The molecule has 3 rings (SSSR count). The number of rotatable bonds is 7. The molecule has 0 bridgehead atoms. The van der Waals surface area contributed by atoms with Crippen LogP contribution in [0.2, 0.25) is 0 Å². The number of anilines is 1. The van der Waals surface area contributed by atoms with Crippen molar-refractivity contribution in [1.82, 2.24) is 4.98 Å². The van der Waals surface area contributed by atoms with E-state index in [2.05, 4.69) is 26.2 Å². The van der Waals surface area contributed by atoms with E-state index in [9.17, 15) is 13.2 Å². The third-order valence-corrected chi connectivity index (χ3v) is 6.99. The van der Waals surface area contributed by atoms with E-state index in [4.69, 9.17) is 9.47 Å². The average Bonchev–Trinajstić information content (AvgIpc) is 3.07. The third kappa shape index (κ3) is 5.06. The van der Waals surface area contributed by atoms with E-state index >= 15 is 0 Å². The van der Waals surface area contributed by atoms with Gasteiger partial charge in [0.05, 0.1) is 29.3 Å². The number of nitrogens with one attached hydrogen (secondary N) is 1. The summed E-state index contributed by atoms with van der Waals surface area (Å²) in [5.41, 5.74) is 1.56. The highest BCUT2D eigenvalue weighted by molar-refractivity contribution is 9.10. The zero-order valence-corrected chi connectivity index (χ0v) is 19.2. The average molecular weight is 499 g/mol. The number of amides is 1. The number of methoxy groups -OCH3 is 2. The number of hydrogen-bond acceptors (Lipinski definition) is 7. The molecule has 1 heterocycles. The zero-order valence-electron chi connectivity index (χ0n) is 16.0. The predicted molar refractivity (Wildman–Crippen MR) is 117 cm³/mol. The molecule has 0 aliphatic carbocycles. The van der Waals surface area contributed by atoms with Gasteiger partial charge in [0, 0.05) is 17.1 Å². The van der Waals surface area contributed by atoms with Gasteiger partial charge in [-0.1, -0.05) is 27.3 Å². The van der Waals surface area contributed by atoms with Crippen LogP contribution in [0.4, 0.5) is 5.13 Å². The lowest BCUT2D eigenvalue weighted by atomic mass is 10.1. The van der Waals surface area contributed by atoms with Gasteiger partial charge in [0.15, 0.2) is 26.5 Å². The van der Waals surface area contributed by atoms with E-state index in [1.165, 1.54) is 17.4 Å². The van der Waals surface area contributed by atoms with Gasteiger partial charge in [-0.2, -0.15) is 0 Å². The lowest BCUT2D eigenvalue weighted by Gasteiger charge is -2.11. The van der Waals surface area contributed by atoms with Gasteiger partial charge in [0.25, 0.3) is 0 Å². The highest BCUT2D eigenvalue weighted by atomic mass is 79.9. The van der Waals surface area contributed by atoms with Crippen LogP contribution in [0.15, 0.2) is 39.7 Å². The molecule has 7 nitrogen and oxygen atoms in total. The summed E-state index contributed by atoms with van der Waals surface area (Å²) in [6.45, 7) is 0. The van der Waals surface area contributed by atoms with E-state index in [1.807, 2.05) is 6.07 Å². The molecule has 0 atom stereocenters. The van der Waals surface area contributed by atoms with Gasteiger partial charge in [-0.15, -0.1) is 0 Å². The number of halogens is 1. The smallest absolute Gasteiger partial charge is 0.226 e. The molecule has 0 aliphatic heterocycles. The summed E-state index contributed by atoms with van der Waals surface area (Å²) in [6.07, 6.45) is 1.90. The molecule has 1 amide bonds. The number of sulfone groups is 1. The predicted octanol–water partition coefficient (Wildman–Crippen LogP) is 4.05. The maximum atomic E-state index is 12.4. The highest BCUT2D eigenvalue weighted by Crippen LogP contribution is 2.34. The molecule has 0 saturated heterocycles. The number of carbonyl (C=O) groups excluding carboxylic acids is 1. The topological polar surface area (TPSA) is 94.6 Å². The number of carbonyl (C=O) groups is 1. The fraction of sp³-hybridized carbons (Fsp3) is 0.263. The van der Waals surface area contributed by atoms with Crippen LogP contribution in [-0.4, -0.2) is 39.8 Å². The van der Waals surface area contributed by atoms with Crippen molar-refractivity contribution in [2.24, 2.45) is 0 Å². The second kappa shape index (κ2) is 8.68. The molecule has 2 aromatic carbocycles. The van der Waals surface area contributed by atoms with Crippen molar-refractivity contribution >= 4 is 58.4 Å². The maximum absolute atomic E-state index is 12.4. The lowest BCUT2D eigenvalue weighted by Crippen LogP contribution is -2.12.